The molecular formula is C36H41N3O6S. The number of nitrogens with one attached hydrogen (secondary N) is 1. The van der Waals surface area contributed by atoms with Crippen LogP contribution in [0.1, 0.15) is 30.5 Å². The maximum atomic E-state index is 14.3. The minimum Gasteiger partial charge on any atom is -0.497 e. The number of hydrogen-bond donors (Lipinski definition) is 1. The number of benzene rings is 4. The predicted molar refractivity (Wildman–Crippen MR) is 180 cm³/mol. The van der Waals surface area contributed by atoms with E-state index >= 15 is 0 Å². The number of carbonyl (C=O) groups excluding carboxylic acids is 2. The molecule has 0 aliphatic heterocycles. The fourth-order valence-electron chi connectivity index (χ4n) is 4.97. The minimum absolute atomic E-state index is 0.0584. The average molecular weight is 644 g/mol. The maximum absolute atomic E-state index is 14.3. The van der Waals surface area contributed by atoms with Crippen LogP contribution in [-0.2, 0) is 39.2 Å². The number of ether oxygens (including phenoxy) is 2. The van der Waals surface area contributed by atoms with Gasteiger partial charge in [0.1, 0.15) is 30.7 Å². The van der Waals surface area contributed by atoms with Gasteiger partial charge in [-0.3, -0.25) is 13.9 Å². The van der Waals surface area contributed by atoms with Crippen molar-refractivity contribution < 1.29 is 27.5 Å². The molecule has 0 spiro atoms. The first-order chi connectivity index (χ1) is 22.0. The molecule has 0 aliphatic rings. The monoisotopic (exact) mass is 643 g/mol. The van der Waals surface area contributed by atoms with Crippen molar-refractivity contribution in [2.75, 3.05) is 24.2 Å². The van der Waals surface area contributed by atoms with Crippen LogP contribution in [-0.4, -0.2) is 57.1 Å². The molecule has 4 aromatic carbocycles. The third kappa shape index (κ3) is 9.84. The molecule has 0 bridgehead atoms. The highest BCUT2D eigenvalue weighted by molar-refractivity contribution is 7.92. The molecule has 10 heteroatoms. The molecule has 0 saturated heterocycles. The summed E-state index contributed by atoms with van der Waals surface area (Å²) in [5.41, 5.74) is 2.89. The summed E-state index contributed by atoms with van der Waals surface area (Å²) in [5.74, 6) is 0.294. The first-order valence-electron chi connectivity index (χ1n) is 15.0. The quantitative estimate of drug-likeness (QED) is 0.191. The number of carbonyl (C=O) groups is 2. The topological polar surface area (TPSA) is 105 Å². The van der Waals surface area contributed by atoms with Crippen LogP contribution < -0.4 is 19.1 Å². The van der Waals surface area contributed by atoms with Gasteiger partial charge in [-0.2, -0.15) is 0 Å². The second kappa shape index (κ2) is 15.9. The molecule has 0 heterocycles. The van der Waals surface area contributed by atoms with Gasteiger partial charge in [-0.05, 0) is 66.9 Å². The van der Waals surface area contributed by atoms with E-state index in [2.05, 4.69) is 5.32 Å². The van der Waals surface area contributed by atoms with Gasteiger partial charge in [0.25, 0.3) is 0 Å². The number of hydrogen-bond acceptors (Lipinski definition) is 6. The van der Waals surface area contributed by atoms with Crippen LogP contribution in [0.5, 0.6) is 11.5 Å². The molecule has 0 aliphatic carbocycles. The van der Waals surface area contributed by atoms with E-state index in [9.17, 15) is 18.0 Å². The zero-order chi connectivity index (χ0) is 33.1. The van der Waals surface area contributed by atoms with Crippen molar-refractivity contribution in [2.24, 2.45) is 0 Å². The third-order valence-corrected chi connectivity index (χ3v) is 8.38. The molecule has 0 unspecified atom stereocenters. The number of anilines is 1. The zero-order valence-electron chi connectivity index (χ0n) is 26.6. The lowest BCUT2D eigenvalue weighted by Gasteiger charge is -2.34. The molecule has 2 amide bonds. The summed E-state index contributed by atoms with van der Waals surface area (Å²) in [6.07, 6.45) is 1.29. The third-order valence-electron chi connectivity index (χ3n) is 7.24. The van der Waals surface area contributed by atoms with Crippen molar-refractivity contribution in [3.05, 3.63) is 126 Å². The van der Waals surface area contributed by atoms with Gasteiger partial charge in [-0.1, -0.05) is 72.8 Å². The lowest BCUT2D eigenvalue weighted by molar-refractivity contribution is -0.140. The van der Waals surface area contributed by atoms with Crippen LogP contribution in [0.25, 0.3) is 0 Å². The molecule has 4 aromatic rings. The van der Waals surface area contributed by atoms with Crippen LogP contribution in [0.4, 0.5) is 5.69 Å². The van der Waals surface area contributed by atoms with Crippen molar-refractivity contribution in [1.82, 2.24) is 10.2 Å². The zero-order valence-corrected chi connectivity index (χ0v) is 27.4. The van der Waals surface area contributed by atoms with Crippen LogP contribution in [0.3, 0.4) is 0 Å². The van der Waals surface area contributed by atoms with Crippen molar-refractivity contribution in [3.8, 4) is 11.5 Å². The van der Waals surface area contributed by atoms with E-state index < -0.39 is 28.5 Å². The van der Waals surface area contributed by atoms with E-state index in [-0.39, 0.29) is 24.9 Å². The molecule has 0 radical (unpaired) electrons. The molecule has 242 valence electrons. The number of amides is 2. The molecule has 1 N–H and O–H groups in total. The van der Waals surface area contributed by atoms with Crippen molar-refractivity contribution in [3.63, 3.8) is 0 Å². The molecule has 9 nitrogen and oxygen atoms in total. The van der Waals surface area contributed by atoms with Crippen LogP contribution >= 0.6 is 0 Å². The normalized spacial score (nSPS) is 11.8. The summed E-state index contributed by atoms with van der Waals surface area (Å²) >= 11 is 0. The number of sulfonamides is 1. The first-order valence-corrected chi connectivity index (χ1v) is 16.9. The Morgan fingerprint density at radius 2 is 1.39 bits per heavy atom. The van der Waals surface area contributed by atoms with E-state index in [0.717, 1.165) is 27.3 Å². The van der Waals surface area contributed by atoms with Gasteiger partial charge in [-0.25, -0.2) is 8.42 Å². The standard InChI is InChI=1S/C36H41N3O6S/c1-27(2)37-36(41)34(23-28-12-7-5-8-13-28)38(24-30-16-11-17-33(22-30)44-3)35(40)25-39(46(4,42)43)31-18-20-32(21-19-31)45-26-29-14-9-6-10-15-29/h5-22,27,34H,23-26H2,1-4H3,(H,37,41)/t34-/m0/s1. The van der Waals surface area contributed by atoms with Crippen molar-refractivity contribution in [2.45, 2.75) is 45.5 Å². The Kier molecular flexibility index (Phi) is 11.8. The van der Waals surface area contributed by atoms with Gasteiger partial charge >= 0.3 is 0 Å². The van der Waals surface area contributed by atoms with Gasteiger partial charge in [0.05, 0.1) is 19.1 Å². The smallest absolute Gasteiger partial charge is 0.244 e. The second-order valence-electron chi connectivity index (χ2n) is 11.3. The number of nitrogens with zero attached hydrogens (tertiary/aromatic N) is 2. The highest BCUT2D eigenvalue weighted by atomic mass is 32.2. The summed E-state index contributed by atoms with van der Waals surface area (Å²) in [6, 6.07) is 31.8. The molecule has 0 fully saturated rings. The largest absolute Gasteiger partial charge is 0.497 e. The Morgan fingerprint density at radius 3 is 1.98 bits per heavy atom. The van der Waals surface area contributed by atoms with Crippen molar-refractivity contribution in [1.29, 1.82) is 0 Å². The van der Waals surface area contributed by atoms with E-state index in [1.807, 2.05) is 80.6 Å². The van der Waals surface area contributed by atoms with Gasteiger partial charge in [-0.15, -0.1) is 0 Å². The number of methoxy groups -OCH3 is 1. The maximum Gasteiger partial charge on any atom is 0.244 e. The average Bonchev–Trinajstić information content (AvgIpc) is 3.04. The van der Waals surface area contributed by atoms with Crippen LogP contribution in [0.2, 0.25) is 0 Å². The summed E-state index contributed by atoms with van der Waals surface area (Å²) in [4.78, 5) is 29.4. The lowest BCUT2D eigenvalue weighted by Crippen LogP contribution is -2.54. The highest BCUT2D eigenvalue weighted by Gasteiger charge is 2.33. The Labute approximate surface area is 271 Å². The highest BCUT2D eigenvalue weighted by Crippen LogP contribution is 2.24. The Bertz CT molecular complexity index is 1680. The molecule has 1 atom stereocenters. The van der Waals surface area contributed by atoms with Gasteiger partial charge in [0.2, 0.25) is 21.8 Å². The summed E-state index contributed by atoms with van der Waals surface area (Å²) in [7, 11) is -2.34. The van der Waals surface area contributed by atoms with E-state index in [4.69, 9.17) is 9.47 Å². The molecule has 0 aromatic heterocycles. The number of rotatable bonds is 15. The Balaban J connectivity index is 1.65. The molecule has 0 saturated carbocycles. The molecular weight excluding hydrogens is 602 g/mol. The molecule has 4 rings (SSSR count). The van der Waals surface area contributed by atoms with Crippen molar-refractivity contribution >= 4 is 27.5 Å². The van der Waals surface area contributed by atoms with Crippen LogP contribution in [0.15, 0.2) is 109 Å². The van der Waals surface area contributed by atoms with Gasteiger partial charge in [0, 0.05) is 19.0 Å². The lowest BCUT2D eigenvalue weighted by atomic mass is 10.0. The predicted octanol–water partition coefficient (Wildman–Crippen LogP) is 5.20. The van der Waals surface area contributed by atoms with Gasteiger partial charge < -0.3 is 19.7 Å². The Morgan fingerprint density at radius 1 is 0.783 bits per heavy atom. The second-order valence-corrected chi connectivity index (χ2v) is 13.2. The van der Waals surface area contributed by atoms with Crippen LogP contribution in [0, 0.1) is 0 Å². The fraction of sp³-hybridized carbons (Fsp3) is 0.278. The first kappa shape index (κ1) is 34.1. The SMILES string of the molecule is COc1cccc(CN(C(=O)CN(c2ccc(OCc3ccccc3)cc2)S(C)(=O)=O)[C@@H](Cc2ccccc2)C(=O)NC(C)C)c1. The van der Waals surface area contributed by atoms with E-state index in [1.54, 1.807) is 49.6 Å². The van der Waals surface area contributed by atoms with E-state index in [1.165, 1.54) is 4.90 Å². The summed E-state index contributed by atoms with van der Waals surface area (Å²) < 4.78 is 38.5. The van der Waals surface area contributed by atoms with E-state index in [0.29, 0.717) is 23.8 Å². The van der Waals surface area contributed by atoms with Gasteiger partial charge in [0.15, 0.2) is 0 Å². The fourth-order valence-corrected chi connectivity index (χ4v) is 5.82. The molecule has 46 heavy (non-hydrogen) atoms. The summed E-state index contributed by atoms with van der Waals surface area (Å²) in [6.45, 7) is 3.61. The minimum atomic E-state index is -3.90. The Hall–Kier alpha value is -4.83. The summed E-state index contributed by atoms with van der Waals surface area (Å²) in [5, 5.41) is 2.95.